The summed E-state index contributed by atoms with van der Waals surface area (Å²) < 4.78 is 0. The quantitative estimate of drug-likeness (QED) is 0.692. The summed E-state index contributed by atoms with van der Waals surface area (Å²) in [6.45, 7) is 1.98. The molecule has 1 aromatic carbocycles. The third-order valence-corrected chi connectivity index (χ3v) is 2.29. The lowest BCUT2D eigenvalue weighted by Gasteiger charge is -2.05. The Bertz CT molecular complexity index is 328. The predicted molar refractivity (Wildman–Crippen MR) is 53.5 cm³/mol. The minimum atomic E-state index is 0.185. The van der Waals surface area contributed by atoms with Crippen molar-refractivity contribution in [1.82, 2.24) is 0 Å². The molecule has 0 saturated heterocycles. The highest BCUT2D eigenvalue weighted by Gasteiger charge is 2.06. The molecule has 0 aliphatic carbocycles. The fourth-order valence-electron chi connectivity index (χ4n) is 0.972. The van der Waals surface area contributed by atoms with Crippen molar-refractivity contribution in [2.45, 2.75) is 11.8 Å². The van der Waals surface area contributed by atoms with Gasteiger partial charge in [-0.3, -0.25) is 0 Å². The molecule has 0 saturated carbocycles. The zero-order chi connectivity index (χ0) is 9.14. The molecule has 0 fully saturated rings. The summed E-state index contributed by atoms with van der Waals surface area (Å²) in [7, 11) is 0. The van der Waals surface area contributed by atoms with Gasteiger partial charge in [-0.1, -0.05) is 33.6 Å². The number of hydrogen-bond acceptors (Lipinski definition) is 1. The van der Waals surface area contributed by atoms with Crippen molar-refractivity contribution in [3.05, 3.63) is 34.3 Å². The van der Waals surface area contributed by atoms with E-state index in [-0.39, 0.29) is 4.83 Å². The minimum absolute atomic E-state index is 0.185. The van der Waals surface area contributed by atoms with E-state index in [1.807, 2.05) is 13.0 Å². The van der Waals surface area contributed by atoms with Crippen molar-refractivity contribution in [3.63, 3.8) is 0 Å². The molecule has 0 amide bonds. The second-order valence-electron chi connectivity index (χ2n) is 2.46. The average molecular weight is 245 g/mol. The molecule has 0 aromatic heterocycles. The molecule has 1 nitrogen and oxygen atoms in total. The topological polar surface area (TPSA) is 23.8 Å². The van der Waals surface area contributed by atoms with Crippen LogP contribution in [0.5, 0.6) is 0 Å². The lowest BCUT2D eigenvalue weighted by Crippen LogP contribution is -1.89. The van der Waals surface area contributed by atoms with Crippen LogP contribution in [0, 0.1) is 11.3 Å². The number of alkyl halides is 1. The Balaban J connectivity index is 3.23. The van der Waals surface area contributed by atoms with Gasteiger partial charge < -0.3 is 0 Å². The first-order chi connectivity index (χ1) is 5.65. The van der Waals surface area contributed by atoms with Crippen LogP contribution in [-0.2, 0) is 0 Å². The van der Waals surface area contributed by atoms with Crippen LogP contribution < -0.4 is 0 Å². The van der Waals surface area contributed by atoms with Gasteiger partial charge in [-0.2, -0.15) is 5.26 Å². The number of nitrogens with zero attached hydrogens (tertiary/aromatic N) is 1. The molecule has 12 heavy (non-hydrogen) atoms. The largest absolute Gasteiger partial charge is 0.192 e. The molecular weight excluding hydrogens is 237 g/mol. The lowest BCUT2D eigenvalue weighted by molar-refractivity contribution is 1.11. The van der Waals surface area contributed by atoms with E-state index < -0.39 is 0 Å². The van der Waals surface area contributed by atoms with Crippen LogP contribution in [0.1, 0.15) is 22.9 Å². The van der Waals surface area contributed by atoms with Crippen molar-refractivity contribution in [2.24, 2.45) is 0 Å². The summed E-state index contributed by atoms with van der Waals surface area (Å²) in [6.07, 6.45) is 0. The van der Waals surface area contributed by atoms with Crippen molar-refractivity contribution >= 4 is 27.5 Å². The number of benzene rings is 1. The van der Waals surface area contributed by atoms with Gasteiger partial charge in [0.15, 0.2) is 0 Å². The van der Waals surface area contributed by atoms with Crippen molar-refractivity contribution in [2.75, 3.05) is 0 Å². The van der Waals surface area contributed by atoms with E-state index in [2.05, 4.69) is 22.0 Å². The second-order valence-corrected chi connectivity index (χ2v) is 4.27. The Hall–Kier alpha value is -0.520. The normalized spacial score (nSPS) is 12.2. The molecule has 1 rings (SSSR count). The van der Waals surface area contributed by atoms with Crippen LogP contribution in [0.2, 0.25) is 5.02 Å². The molecule has 0 N–H and O–H groups in total. The second kappa shape index (κ2) is 3.93. The van der Waals surface area contributed by atoms with E-state index >= 15 is 0 Å². The Labute approximate surface area is 85.1 Å². The molecule has 3 heteroatoms. The van der Waals surface area contributed by atoms with E-state index in [1.165, 1.54) is 0 Å². The van der Waals surface area contributed by atoms with Crippen LogP contribution in [0.3, 0.4) is 0 Å². The monoisotopic (exact) mass is 243 g/mol. The van der Waals surface area contributed by atoms with Gasteiger partial charge >= 0.3 is 0 Å². The number of rotatable bonds is 1. The average Bonchev–Trinajstić information content (AvgIpc) is 2.03. The van der Waals surface area contributed by atoms with Crippen molar-refractivity contribution in [1.29, 1.82) is 5.26 Å². The zero-order valence-electron chi connectivity index (χ0n) is 6.51. The summed E-state index contributed by atoms with van der Waals surface area (Å²) in [5.41, 5.74) is 1.61. The highest BCUT2D eigenvalue weighted by atomic mass is 79.9. The first-order valence-electron chi connectivity index (χ1n) is 3.48. The summed E-state index contributed by atoms with van der Waals surface area (Å²) >= 11 is 9.14. The van der Waals surface area contributed by atoms with Gasteiger partial charge in [0.1, 0.15) is 0 Å². The van der Waals surface area contributed by atoms with E-state index in [0.29, 0.717) is 10.6 Å². The molecule has 0 heterocycles. The number of nitriles is 1. The van der Waals surface area contributed by atoms with E-state index in [0.717, 1.165) is 5.56 Å². The van der Waals surface area contributed by atoms with Crippen LogP contribution >= 0.6 is 27.5 Å². The first-order valence-corrected chi connectivity index (χ1v) is 4.78. The van der Waals surface area contributed by atoms with Gasteiger partial charge in [0.05, 0.1) is 11.6 Å². The third-order valence-electron chi connectivity index (χ3n) is 1.56. The molecule has 1 aromatic rings. The third kappa shape index (κ3) is 2.00. The highest BCUT2D eigenvalue weighted by molar-refractivity contribution is 9.09. The van der Waals surface area contributed by atoms with Crippen LogP contribution in [0.4, 0.5) is 0 Å². The fourth-order valence-corrected chi connectivity index (χ4v) is 1.54. The molecule has 0 spiro atoms. The SMILES string of the molecule is CC(Br)c1ccc(Cl)cc1C#N. The molecule has 0 bridgehead atoms. The molecular formula is C9H7BrClN. The van der Waals surface area contributed by atoms with E-state index in [4.69, 9.17) is 16.9 Å². The molecule has 0 aliphatic rings. The van der Waals surface area contributed by atoms with E-state index in [9.17, 15) is 0 Å². The molecule has 62 valence electrons. The van der Waals surface area contributed by atoms with Crippen LogP contribution in [-0.4, -0.2) is 0 Å². The van der Waals surface area contributed by atoms with E-state index in [1.54, 1.807) is 12.1 Å². The van der Waals surface area contributed by atoms with Gasteiger partial charge in [0.2, 0.25) is 0 Å². The van der Waals surface area contributed by atoms with Crippen molar-refractivity contribution < 1.29 is 0 Å². The smallest absolute Gasteiger partial charge is 0.0995 e. The minimum Gasteiger partial charge on any atom is -0.192 e. The summed E-state index contributed by atoms with van der Waals surface area (Å²) in [5, 5.41) is 9.36. The Morgan fingerprint density at radius 3 is 2.75 bits per heavy atom. The summed E-state index contributed by atoms with van der Waals surface area (Å²) in [4.78, 5) is 0.185. The van der Waals surface area contributed by atoms with Gasteiger partial charge in [0.25, 0.3) is 0 Å². The Kier molecular flexibility index (Phi) is 3.13. The molecule has 1 unspecified atom stereocenters. The summed E-state index contributed by atoms with van der Waals surface area (Å²) in [5.74, 6) is 0. The highest BCUT2D eigenvalue weighted by Crippen LogP contribution is 2.26. The van der Waals surface area contributed by atoms with Gasteiger partial charge in [-0.15, -0.1) is 0 Å². The molecule has 1 atom stereocenters. The van der Waals surface area contributed by atoms with Crippen molar-refractivity contribution in [3.8, 4) is 6.07 Å². The van der Waals surface area contributed by atoms with Crippen LogP contribution in [0.25, 0.3) is 0 Å². The summed E-state index contributed by atoms with van der Waals surface area (Å²) in [6, 6.07) is 7.43. The first kappa shape index (κ1) is 9.57. The van der Waals surface area contributed by atoms with Gasteiger partial charge in [0, 0.05) is 9.85 Å². The Morgan fingerprint density at radius 2 is 2.25 bits per heavy atom. The number of hydrogen-bond donors (Lipinski definition) is 0. The Morgan fingerprint density at radius 1 is 1.58 bits per heavy atom. The lowest BCUT2D eigenvalue weighted by atomic mass is 10.1. The maximum Gasteiger partial charge on any atom is 0.0995 e. The number of halogens is 2. The standard InChI is InChI=1S/C9H7BrClN/c1-6(10)9-3-2-8(11)4-7(9)5-12/h2-4,6H,1H3. The molecule has 0 aliphatic heterocycles. The predicted octanol–water partition coefficient (Wildman–Crippen LogP) is 3.67. The van der Waals surface area contributed by atoms with Gasteiger partial charge in [-0.25, -0.2) is 0 Å². The molecule has 0 radical (unpaired) electrons. The van der Waals surface area contributed by atoms with Gasteiger partial charge in [-0.05, 0) is 24.6 Å². The van der Waals surface area contributed by atoms with Crippen LogP contribution in [0.15, 0.2) is 18.2 Å². The maximum absolute atomic E-state index is 8.76. The zero-order valence-corrected chi connectivity index (χ0v) is 8.85. The fraction of sp³-hybridized carbons (Fsp3) is 0.222. The maximum atomic E-state index is 8.76.